The number of hydrogen-bond donors (Lipinski definition) is 2. The summed E-state index contributed by atoms with van der Waals surface area (Å²) in [6.07, 6.45) is 3.21. The zero-order chi connectivity index (χ0) is 20.2. The van der Waals surface area contributed by atoms with E-state index in [0.29, 0.717) is 21.0 Å². The van der Waals surface area contributed by atoms with Crippen molar-refractivity contribution in [3.63, 3.8) is 0 Å². The molecule has 0 bridgehead atoms. The highest BCUT2D eigenvalue weighted by Crippen LogP contribution is 2.32. The monoisotopic (exact) mass is 441 g/mol. The summed E-state index contributed by atoms with van der Waals surface area (Å²) in [4.78, 5) is 31.9. The normalized spacial score (nSPS) is 10.8. The number of aromatic amines is 1. The van der Waals surface area contributed by atoms with E-state index in [4.69, 9.17) is 0 Å². The van der Waals surface area contributed by atoms with E-state index in [1.54, 1.807) is 6.20 Å². The highest BCUT2D eigenvalue weighted by molar-refractivity contribution is 7.99. The number of amides is 1. The molecule has 29 heavy (non-hydrogen) atoms. The van der Waals surface area contributed by atoms with Crippen LogP contribution in [-0.2, 0) is 0 Å². The highest BCUT2D eigenvalue weighted by Gasteiger charge is 2.18. The number of H-pyrrole nitrogens is 1. The molecule has 4 aromatic rings. The van der Waals surface area contributed by atoms with Gasteiger partial charge in [-0.05, 0) is 49.9 Å². The molecule has 0 aliphatic carbocycles. The van der Waals surface area contributed by atoms with Crippen LogP contribution in [0.5, 0.6) is 0 Å². The Hall–Kier alpha value is -2.76. The average molecular weight is 442 g/mol. The zero-order valence-electron chi connectivity index (χ0n) is 15.4. The quantitative estimate of drug-likeness (QED) is 0.458. The molecular weight excluding hydrogens is 426 g/mol. The van der Waals surface area contributed by atoms with E-state index in [1.807, 2.05) is 43.5 Å². The van der Waals surface area contributed by atoms with E-state index in [-0.39, 0.29) is 5.91 Å². The second kappa shape index (κ2) is 8.72. The van der Waals surface area contributed by atoms with Gasteiger partial charge in [-0.15, -0.1) is 11.3 Å². The molecule has 2 N–H and O–H groups in total. The van der Waals surface area contributed by atoms with Gasteiger partial charge in [0.15, 0.2) is 10.3 Å². The molecule has 4 aromatic heterocycles. The molecule has 0 aromatic carbocycles. The first-order valence-electron chi connectivity index (χ1n) is 8.45. The van der Waals surface area contributed by atoms with Crippen molar-refractivity contribution in [3.05, 3.63) is 59.3 Å². The Morgan fingerprint density at radius 2 is 1.97 bits per heavy atom. The molecule has 0 saturated carbocycles. The number of carbonyl (C=O) groups is 1. The van der Waals surface area contributed by atoms with Crippen LogP contribution >= 0.6 is 34.9 Å². The second-order valence-corrected chi connectivity index (χ2v) is 8.86. The number of thiazole rings is 1. The third-order valence-corrected chi connectivity index (χ3v) is 6.32. The van der Waals surface area contributed by atoms with Gasteiger partial charge in [-0.2, -0.15) is 5.10 Å². The van der Waals surface area contributed by atoms with Crippen LogP contribution in [-0.4, -0.2) is 36.0 Å². The minimum atomic E-state index is -0.318. The van der Waals surface area contributed by atoms with E-state index < -0.39 is 0 Å². The number of nitrogens with one attached hydrogen (secondary N) is 2. The number of anilines is 1. The fourth-order valence-electron chi connectivity index (χ4n) is 2.28. The minimum absolute atomic E-state index is 0.313. The summed E-state index contributed by atoms with van der Waals surface area (Å²) in [7, 11) is 0. The van der Waals surface area contributed by atoms with Crippen LogP contribution in [0.1, 0.15) is 21.9 Å². The molecule has 146 valence electrons. The maximum absolute atomic E-state index is 13.0. The summed E-state index contributed by atoms with van der Waals surface area (Å²) < 4.78 is 0. The maximum Gasteiger partial charge on any atom is 0.277 e. The number of nitrogens with zero attached hydrogens (tertiary/aromatic N) is 5. The molecule has 4 rings (SSSR count). The Morgan fingerprint density at radius 3 is 2.66 bits per heavy atom. The molecule has 0 atom stereocenters. The van der Waals surface area contributed by atoms with Gasteiger partial charge in [0.05, 0.1) is 5.69 Å². The average Bonchev–Trinajstić information content (AvgIpc) is 3.36. The van der Waals surface area contributed by atoms with E-state index in [0.717, 1.165) is 21.2 Å². The Morgan fingerprint density at radius 1 is 1.07 bits per heavy atom. The van der Waals surface area contributed by atoms with Gasteiger partial charge in [-0.3, -0.25) is 20.2 Å². The molecule has 0 radical (unpaired) electrons. The molecule has 0 saturated heterocycles. The van der Waals surface area contributed by atoms with Gasteiger partial charge >= 0.3 is 0 Å². The van der Waals surface area contributed by atoms with Crippen LogP contribution in [0.3, 0.4) is 0 Å². The molecule has 0 aliphatic rings. The van der Waals surface area contributed by atoms with Crippen molar-refractivity contribution in [2.24, 2.45) is 0 Å². The number of carbonyl (C=O) groups excluding carboxylic acids is 1. The fourth-order valence-corrected chi connectivity index (χ4v) is 4.50. The van der Waals surface area contributed by atoms with E-state index >= 15 is 0 Å². The van der Waals surface area contributed by atoms with Crippen molar-refractivity contribution in [2.75, 3.05) is 5.32 Å². The molecule has 11 heteroatoms. The van der Waals surface area contributed by atoms with Gasteiger partial charge in [0, 0.05) is 27.1 Å². The predicted octanol–water partition coefficient (Wildman–Crippen LogP) is 4.22. The molecule has 4 heterocycles. The van der Waals surface area contributed by atoms with Crippen LogP contribution in [0.2, 0.25) is 0 Å². The van der Waals surface area contributed by atoms with Crippen LogP contribution in [0.15, 0.2) is 62.1 Å². The van der Waals surface area contributed by atoms with Gasteiger partial charge < -0.3 is 0 Å². The van der Waals surface area contributed by atoms with E-state index in [9.17, 15) is 4.79 Å². The zero-order valence-corrected chi connectivity index (χ0v) is 17.9. The van der Waals surface area contributed by atoms with Gasteiger partial charge in [0.1, 0.15) is 17.0 Å². The summed E-state index contributed by atoms with van der Waals surface area (Å²) in [5.41, 5.74) is 2.10. The van der Waals surface area contributed by atoms with Crippen molar-refractivity contribution in [1.82, 2.24) is 30.1 Å². The predicted molar refractivity (Wildman–Crippen MR) is 113 cm³/mol. The SMILES string of the molecule is Cc1ccc(Sc2ccc(Sc3ncn[nH]3)nc2C(=O)Nc2nc(C)cs2)cn1. The van der Waals surface area contributed by atoms with Crippen molar-refractivity contribution < 1.29 is 4.79 Å². The maximum atomic E-state index is 13.0. The van der Waals surface area contributed by atoms with Crippen molar-refractivity contribution in [1.29, 1.82) is 0 Å². The van der Waals surface area contributed by atoms with Gasteiger partial charge in [-0.1, -0.05) is 11.8 Å². The molecule has 0 aliphatic heterocycles. The van der Waals surface area contributed by atoms with Crippen molar-refractivity contribution in [3.8, 4) is 0 Å². The lowest BCUT2D eigenvalue weighted by atomic mass is 10.3. The topological polar surface area (TPSA) is 109 Å². The Labute approximate surface area is 179 Å². The summed E-state index contributed by atoms with van der Waals surface area (Å²) >= 11 is 4.11. The number of aryl methyl sites for hydroxylation is 2. The van der Waals surface area contributed by atoms with E-state index in [1.165, 1.54) is 41.2 Å². The van der Waals surface area contributed by atoms with Crippen LogP contribution in [0.25, 0.3) is 0 Å². The Bertz CT molecular complexity index is 1130. The van der Waals surface area contributed by atoms with Gasteiger partial charge in [0.25, 0.3) is 5.91 Å². The second-order valence-electron chi connectivity index (χ2n) is 5.87. The number of aromatic nitrogens is 6. The summed E-state index contributed by atoms with van der Waals surface area (Å²) in [5, 5.41) is 13.1. The summed E-state index contributed by atoms with van der Waals surface area (Å²) in [6.45, 7) is 3.81. The van der Waals surface area contributed by atoms with Gasteiger partial charge in [0.2, 0.25) is 0 Å². The number of rotatable bonds is 6. The lowest BCUT2D eigenvalue weighted by Gasteiger charge is -2.10. The first-order valence-corrected chi connectivity index (χ1v) is 11.0. The van der Waals surface area contributed by atoms with Crippen molar-refractivity contribution in [2.45, 2.75) is 33.8 Å². The molecule has 0 spiro atoms. The summed E-state index contributed by atoms with van der Waals surface area (Å²) in [6, 6.07) is 7.62. The molecule has 0 fully saturated rings. The van der Waals surface area contributed by atoms with Crippen LogP contribution < -0.4 is 5.32 Å². The lowest BCUT2D eigenvalue weighted by Crippen LogP contribution is -2.15. The molecular formula is C18H15N7OS3. The van der Waals surface area contributed by atoms with Crippen LogP contribution in [0, 0.1) is 13.8 Å². The summed E-state index contributed by atoms with van der Waals surface area (Å²) in [5.74, 6) is -0.318. The lowest BCUT2D eigenvalue weighted by molar-refractivity contribution is 0.101. The standard InChI is InChI=1S/C18H15N7OS3/c1-10-3-4-12(7-19-10)28-13-5-6-14(29-17-20-9-21-25-17)23-15(13)16(26)24-18-22-11(2)8-27-18/h3-9H,1-2H3,(H,20,21,25)(H,22,24,26). The third-order valence-electron chi connectivity index (χ3n) is 3.59. The van der Waals surface area contributed by atoms with Gasteiger partial charge in [-0.25, -0.2) is 15.0 Å². The molecule has 8 nitrogen and oxygen atoms in total. The first kappa shape index (κ1) is 19.6. The molecule has 1 amide bonds. The fraction of sp³-hybridized carbons (Fsp3) is 0.111. The van der Waals surface area contributed by atoms with Crippen molar-refractivity contribution >= 4 is 45.9 Å². The Balaban J connectivity index is 1.64. The minimum Gasteiger partial charge on any atom is -0.296 e. The third kappa shape index (κ3) is 5.00. The smallest absolute Gasteiger partial charge is 0.277 e. The number of pyridine rings is 2. The Kier molecular flexibility index (Phi) is 5.88. The van der Waals surface area contributed by atoms with Crippen LogP contribution in [0.4, 0.5) is 5.13 Å². The highest BCUT2D eigenvalue weighted by atomic mass is 32.2. The largest absolute Gasteiger partial charge is 0.296 e. The van der Waals surface area contributed by atoms with E-state index in [2.05, 4.69) is 35.5 Å². The number of hydrogen-bond acceptors (Lipinski definition) is 9. The molecule has 0 unspecified atom stereocenters. The first-order chi connectivity index (χ1) is 14.1.